The lowest BCUT2D eigenvalue weighted by molar-refractivity contribution is 0.583. The first-order chi connectivity index (χ1) is 9.13. The Morgan fingerprint density at radius 1 is 1.42 bits per heavy atom. The molecule has 0 aliphatic rings. The van der Waals surface area contributed by atoms with Crippen molar-refractivity contribution in [3.63, 3.8) is 0 Å². The smallest absolute Gasteiger partial charge is 0.298 e. The van der Waals surface area contributed by atoms with Gasteiger partial charge >= 0.3 is 0 Å². The summed E-state index contributed by atoms with van der Waals surface area (Å²) in [5, 5.41) is 0. The summed E-state index contributed by atoms with van der Waals surface area (Å²) in [4.78, 5) is 11.9. The minimum Gasteiger partial charge on any atom is -0.423 e. The maximum atomic E-state index is 5.73. The third-order valence-corrected chi connectivity index (χ3v) is 3.87. The van der Waals surface area contributed by atoms with Crippen molar-refractivity contribution in [2.45, 2.75) is 13.5 Å². The normalized spacial score (nSPS) is 11.1. The Bertz CT molecular complexity index is 718. The first-order valence-electron chi connectivity index (χ1n) is 5.89. The van der Waals surface area contributed by atoms with Crippen molar-refractivity contribution in [3.8, 4) is 0 Å². The van der Waals surface area contributed by atoms with Crippen LogP contribution in [-0.4, -0.2) is 17.0 Å². The number of nitrogen functional groups attached to an aromatic ring is 1. The summed E-state index contributed by atoms with van der Waals surface area (Å²) in [5.74, 6) is 0. The molecule has 3 rings (SSSR count). The van der Waals surface area contributed by atoms with E-state index in [1.807, 2.05) is 36.5 Å². The van der Waals surface area contributed by atoms with Crippen LogP contribution in [0.25, 0.3) is 11.1 Å². The average Bonchev–Trinajstić information content (AvgIpc) is 2.96. The van der Waals surface area contributed by atoms with Gasteiger partial charge in [0.15, 0.2) is 5.58 Å². The zero-order valence-electron chi connectivity index (χ0n) is 10.8. The summed E-state index contributed by atoms with van der Waals surface area (Å²) in [6.07, 6.45) is 0. The number of hydrogen-bond donors (Lipinski definition) is 1. The number of benzene rings is 1. The van der Waals surface area contributed by atoms with Gasteiger partial charge in [0.25, 0.3) is 6.01 Å². The molecule has 0 saturated carbocycles. The van der Waals surface area contributed by atoms with Crippen molar-refractivity contribution in [2.24, 2.45) is 0 Å². The number of nitrogens with zero attached hydrogens (tertiary/aromatic N) is 3. The van der Waals surface area contributed by atoms with Gasteiger partial charge < -0.3 is 15.1 Å². The van der Waals surface area contributed by atoms with Crippen molar-refractivity contribution in [3.05, 3.63) is 34.3 Å². The summed E-state index contributed by atoms with van der Waals surface area (Å²) in [7, 11) is 1.95. The fraction of sp³-hybridized carbons (Fsp3) is 0.231. The van der Waals surface area contributed by atoms with Gasteiger partial charge in [-0.3, -0.25) is 0 Å². The van der Waals surface area contributed by atoms with E-state index in [1.54, 1.807) is 17.4 Å². The molecule has 98 valence electrons. The molecule has 0 aliphatic carbocycles. The van der Waals surface area contributed by atoms with Gasteiger partial charge in [-0.1, -0.05) is 0 Å². The van der Waals surface area contributed by atoms with Crippen LogP contribution < -0.4 is 10.6 Å². The molecule has 0 spiro atoms. The number of aromatic nitrogens is 2. The Hall–Kier alpha value is -2.08. The van der Waals surface area contributed by atoms with E-state index < -0.39 is 0 Å². The minimum absolute atomic E-state index is 0.591. The maximum absolute atomic E-state index is 5.73. The molecule has 0 amide bonds. The fourth-order valence-corrected chi connectivity index (χ4v) is 2.68. The SMILES string of the molecule is Cc1ncsc1CN(C)c1nc2ccc(N)cc2o1. The molecule has 5 nitrogen and oxygen atoms in total. The maximum Gasteiger partial charge on any atom is 0.298 e. The predicted octanol–water partition coefficient (Wildman–Crippen LogP) is 2.81. The molecular weight excluding hydrogens is 260 g/mol. The minimum atomic E-state index is 0.591. The number of oxazole rings is 1. The molecule has 0 fully saturated rings. The summed E-state index contributed by atoms with van der Waals surface area (Å²) >= 11 is 1.64. The Morgan fingerprint density at radius 2 is 2.26 bits per heavy atom. The molecular formula is C13H14N4OS. The lowest BCUT2D eigenvalue weighted by Gasteiger charge is -2.12. The van der Waals surface area contributed by atoms with E-state index in [0.717, 1.165) is 17.8 Å². The summed E-state index contributed by atoms with van der Waals surface area (Å²) in [6.45, 7) is 2.74. The van der Waals surface area contributed by atoms with Gasteiger partial charge in [-0.25, -0.2) is 4.98 Å². The third-order valence-electron chi connectivity index (χ3n) is 2.95. The molecule has 0 bridgehead atoms. The van der Waals surface area contributed by atoms with Crippen molar-refractivity contribution in [1.29, 1.82) is 0 Å². The highest BCUT2D eigenvalue weighted by Crippen LogP contribution is 2.25. The van der Waals surface area contributed by atoms with E-state index in [1.165, 1.54) is 4.88 Å². The molecule has 6 heteroatoms. The highest BCUT2D eigenvalue weighted by molar-refractivity contribution is 7.09. The molecule has 0 radical (unpaired) electrons. The number of rotatable bonds is 3. The Balaban J connectivity index is 1.89. The summed E-state index contributed by atoms with van der Waals surface area (Å²) in [5.41, 5.74) is 10.8. The third kappa shape index (κ3) is 2.26. The van der Waals surface area contributed by atoms with Crippen molar-refractivity contribution < 1.29 is 4.42 Å². The Morgan fingerprint density at radius 3 is 3.00 bits per heavy atom. The quantitative estimate of drug-likeness (QED) is 0.744. The van der Waals surface area contributed by atoms with Gasteiger partial charge in [0.05, 0.1) is 17.7 Å². The second kappa shape index (κ2) is 4.55. The highest BCUT2D eigenvalue weighted by atomic mass is 32.1. The number of anilines is 2. The molecule has 19 heavy (non-hydrogen) atoms. The predicted molar refractivity (Wildman–Crippen MR) is 77.4 cm³/mol. The summed E-state index contributed by atoms with van der Waals surface area (Å²) < 4.78 is 5.72. The second-order valence-corrected chi connectivity index (χ2v) is 5.38. The molecule has 0 unspecified atom stereocenters. The van der Waals surface area contributed by atoms with E-state index in [-0.39, 0.29) is 0 Å². The number of nitrogens with two attached hydrogens (primary N) is 1. The van der Waals surface area contributed by atoms with Gasteiger partial charge in [0.1, 0.15) is 5.52 Å². The standard InChI is InChI=1S/C13H14N4OS/c1-8-12(19-7-15-8)6-17(2)13-16-10-4-3-9(14)5-11(10)18-13/h3-5,7H,6,14H2,1-2H3. The van der Waals surface area contributed by atoms with Crippen LogP contribution in [0.5, 0.6) is 0 Å². The molecule has 0 saturated heterocycles. The largest absolute Gasteiger partial charge is 0.423 e. The van der Waals surface area contributed by atoms with Crippen LogP contribution in [-0.2, 0) is 6.54 Å². The molecule has 2 N–H and O–H groups in total. The molecule has 0 aliphatic heterocycles. The van der Waals surface area contributed by atoms with Crippen LogP contribution in [0.4, 0.5) is 11.7 Å². The average molecular weight is 274 g/mol. The zero-order chi connectivity index (χ0) is 13.4. The second-order valence-electron chi connectivity index (χ2n) is 4.44. The van der Waals surface area contributed by atoms with Crippen molar-refractivity contribution in [1.82, 2.24) is 9.97 Å². The van der Waals surface area contributed by atoms with Gasteiger partial charge in [-0.2, -0.15) is 4.98 Å². The first-order valence-corrected chi connectivity index (χ1v) is 6.77. The van der Waals surface area contributed by atoms with Crippen molar-refractivity contribution >= 4 is 34.1 Å². The summed E-state index contributed by atoms with van der Waals surface area (Å²) in [6, 6.07) is 6.07. The fourth-order valence-electron chi connectivity index (χ4n) is 1.85. The van der Waals surface area contributed by atoms with E-state index in [9.17, 15) is 0 Å². The number of thiazole rings is 1. The van der Waals surface area contributed by atoms with Crippen LogP contribution in [0, 0.1) is 6.92 Å². The van der Waals surface area contributed by atoms with E-state index in [0.29, 0.717) is 17.3 Å². The Kier molecular flexibility index (Phi) is 2.87. The van der Waals surface area contributed by atoms with E-state index >= 15 is 0 Å². The highest BCUT2D eigenvalue weighted by Gasteiger charge is 2.13. The first kappa shape index (κ1) is 12.0. The monoisotopic (exact) mass is 274 g/mol. The Labute approximate surface area is 114 Å². The van der Waals surface area contributed by atoms with Crippen molar-refractivity contribution in [2.75, 3.05) is 17.7 Å². The number of fused-ring (bicyclic) bond motifs is 1. The van der Waals surface area contributed by atoms with Crippen LogP contribution in [0.3, 0.4) is 0 Å². The topological polar surface area (TPSA) is 68.2 Å². The zero-order valence-corrected chi connectivity index (χ0v) is 11.6. The van der Waals surface area contributed by atoms with Crippen LogP contribution in [0.1, 0.15) is 10.6 Å². The molecule has 0 atom stereocenters. The number of hydrogen-bond acceptors (Lipinski definition) is 6. The van der Waals surface area contributed by atoms with Crippen LogP contribution >= 0.6 is 11.3 Å². The molecule has 1 aromatic carbocycles. The van der Waals surface area contributed by atoms with Gasteiger partial charge in [-0.15, -0.1) is 11.3 Å². The molecule has 3 aromatic rings. The van der Waals surface area contributed by atoms with Crippen LogP contribution in [0.15, 0.2) is 28.1 Å². The number of aryl methyl sites for hydroxylation is 1. The molecule has 2 heterocycles. The lowest BCUT2D eigenvalue weighted by Crippen LogP contribution is -2.16. The van der Waals surface area contributed by atoms with Gasteiger partial charge in [0.2, 0.25) is 0 Å². The molecule has 2 aromatic heterocycles. The van der Waals surface area contributed by atoms with Gasteiger partial charge in [-0.05, 0) is 19.1 Å². The van der Waals surface area contributed by atoms with Crippen LogP contribution in [0.2, 0.25) is 0 Å². The van der Waals surface area contributed by atoms with E-state index in [2.05, 4.69) is 9.97 Å². The lowest BCUT2D eigenvalue weighted by atomic mass is 10.3. The van der Waals surface area contributed by atoms with Gasteiger partial charge in [0, 0.05) is 23.7 Å². The van der Waals surface area contributed by atoms with E-state index in [4.69, 9.17) is 10.2 Å².